The van der Waals surface area contributed by atoms with E-state index in [4.69, 9.17) is 14.6 Å². The Bertz CT molecular complexity index is 827. The first-order chi connectivity index (χ1) is 13.2. The lowest BCUT2D eigenvalue weighted by Gasteiger charge is -2.43. The van der Waals surface area contributed by atoms with Gasteiger partial charge in [-0.1, -0.05) is 6.07 Å². The fourth-order valence-corrected chi connectivity index (χ4v) is 4.65. The highest BCUT2D eigenvalue weighted by atomic mass is 16.5. The molecule has 1 saturated heterocycles. The van der Waals surface area contributed by atoms with Gasteiger partial charge in [-0.3, -0.25) is 9.78 Å². The van der Waals surface area contributed by atoms with Crippen LogP contribution >= 0.6 is 0 Å². The van der Waals surface area contributed by atoms with Crippen molar-refractivity contribution in [3.05, 3.63) is 42.1 Å². The van der Waals surface area contributed by atoms with Gasteiger partial charge in [0.25, 0.3) is 5.91 Å². The maximum absolute atomic E-state index is 13.3. The summed E-state index contributed by atoms with van der Waals surface area (Å²) in [7, 11) is 1.75. The number of benzene rings is 1. The predicted octanol–water partition coefficient (Wildman–Crippen LogP) is 2.40. The van der Waals surface area contributed by atoms with E-state index in [0.717, 1.165) is 36.6 Å². The molecule has 3 atom stereocenters. The highest BCUT2D eigenvalue weighted by Gasteiger charge is 2.52. The molecule has 0 unspecified atom stereocenters. The van der Waals surface area contributed by atoms with Crippen LogP contribution in [0.4, 0.5) is 0 Å². The molecular weight excluding hydrogens is 344 g/mol. The van der Waals surface area contributed by atoms with Gasteiger partial charge in [0, 0.05) is 30.8 Å². The minimum absolute atomic E-state index is 0.00274. The second kappa shape index (κ2) is 7.54. The van der Waals surface area contributed by atoms with Crippen LogP contribution in [-0.4, -0.2) is 65.5 Å². The van der Waals surface area contributed by atoms with E-state index < -0.39 is 0 Å². The van der Waals surface area contributed by atoms with Gasteiger partial charge >= 0.3 is 0 Å². The zero-order chi connectivity index (χ0) is 18.9. The average molecular weight is 370 g/mol. The predicted molar refractivity (Wildman–Crippen MR) is 102 cm³/mol. The fraction of sp³-hybridized carbons (Fsp3) is 0.524. The molecule has 0 bridgehead atoms. The number of nitrogens with zero attached hydrogens (tertiary/aromatic N) is 2. The number of amides is 1. The van der Waals surface area contributed by atoms with E-state index >= 15 is 0 Å². The topological polar surface area (TPSA) is 71.9 Å². The summed E-state index contributed by atoms with van der Waals surface area (Å²) >= 11 is 0. The molecule has 2 aliphatic rings. The summed E-state index contributed by atoms with van der Waals surface area (Å²) in [5, 5.41) is 10.0. The summed E-state index contributed by atoms with van der Waals surface area (Å²) in [5.41, 5.74) is 1.28. The number of fused-ring (bicyclic) bond motifs is 2. The van der Waals surface area contributed by atoms with Gasteiger partial charge in [-0.15, -0.1) is 0 Å². The molecule has 144 valence electrons. The van der Waals surface area contributed by atoms with E-state index in [1.165, 1.54) is 0 Å². The maximum atomic E-state index is 13.3. The van der Waals surface area contributed by atoms with Gasteiger partial charge in [0.1, 0.15) is 0 Å². The van der Waals surface area contributed by atoms with Crippen LogP contribution in [0.25, 0.3) is 10.9 Å². The highest BCUT2D eigenvalue weighted by Crippen LogP contribution is 2.43. The zero-order valence-electron chi connectivity index (χ0n) is 15.6. The van der Waals surface area contributed by atoms with Gasteiger partial charge in [-0.05, 0) is 49.9 Å². The molecule has 0 radical (unpaired) electrons. The lowest BCUT2D eigenvalue weighted by Crippen LogP contribution is -2.53. The molecule has 2 aromatic rings. The van der Waals surface area contributed by atoms with Crippen molar-refractivity contribution in [1.82, 2.24) is 9.88 Å². The van der Waals surface area contributed by atoms with Crippen molar-refractivity contribution in [2.45, 2.75) is 43.4 Å². The van der Waals surface area contributed by atoms with Crippen LogP contribution in [0.2, 0.25) is 0 Å². The first-order valence-electron chi connectivity index (χ1n) is 9.60. The fourth-order valence-electron chi connectivity index (χ4n) is 4.65. The van der Waals surface area contributed by atoms with Crippen LogP contribution in [0.3, 0.4) is 0 Å². The molecule has 6 heteroatoms. The van der Waals surface area contributed by atoms with Crippen molar-refractivity contribution >= 4 is 16.8 Å². The van der Waals surface area contributed by atoms with Crippen molar-refractivity contribution in [2.24, 2.45) is 0 Å². The summed E-state index contributed by atoms with van der Waals surface area (Å²) in [6.07, 6.45) is 5.17. The standard InChI is InChI=1S/C21H26N2O4/c1-26-21-7-6-17(27-12-11-24)14-19(21)23(10-8-21)20(25)16-4-5-18-15(13-16)3-2-9-22-18/h2-5,9,13,17,19,24H,6-8,10-12,14H2,1H3/t17-,19-,21+/m0/s1. The Labute approximate surface area is 159 Å². The minimum atomic E-state index is -0.285. The Kier molecular flexibility index (Phi) is 5.12. The van der Waals surface area contributed by atoms with Crippen molar-refractivity contribution in [2.75, 3.05) is 26.9 Å². The van der Waals surface area contributed by atoms with Gasteiger partial charge in [0.2, 0.25) is 0 Å². The maximum Gasteiger partial charge on any atom is 0.254 e. The highest BCUT2D eigenvalue weighted by molar-refractivity contribution is 5.98. The third-order valence-corrected chi connectivity index (χ3v) is 6.10. The first kappa shape index (κ1) is 18.3. The zero-order valence-corrected chi connectivity index (χ0v) is 15.6. The SMILES string of the molecule is CO[C@@]12CC[C@H](OCCO)C[C@@H]1N(C(=O)c1ccc3ncccc3c1)CC2. The van der Waals surface area contributed by atoms with E-state index in [0.29, 0.717) is 18.7 Å². The number of hydrogen-bond acceptors (Lipinski definition) is 5. The Morgan fingerprint density at radius 1 is 1.37 bits per heavy atom. The number of aliphatic hydroxyl groups excluding tert-OH is 1. The van der Waals surface area contributed by atoms with E-state index in [9.17, 15) is 4.79 Å². The number of ether oxygens (including phenoxy) is 2. The average Bonchev–Trinajstić information content (AvgIpc) is 3.10. The Morgan fingerprint density at radius 2 is 2.26 bits per heavy atom. The number of methoxy groups -OCH3 is 1. The normalized spacial score (nSPS) is 27.7. The molecule has 0 spiro atoms. The molecule has 1 N–H and O–H groups in total. The molecule has 1 aliphatic heterocycles. The number of aromatic nitrogens is 1. The molecule has 6 nitrogen and oxygen atoms in total. The lowest BCUT2D eigenvalue weighted by molar-refractivity contribution is -0.0992. The van der Waals surface area contributed by atoms with E-state index in [1.54, 1.807) is 13.3 Å². The van der Waals surface area contributed by atoms with E-state index in [2.05, 4.69) is 4.98 Å². The first-order valence-corrected chi connectivity index (χ1v) is 9.60. The molecular formula is C21H26N2O4. The molecule has 2 heterocycles. The summed E-state index contributed by atoms with van der Waals surface area (Å²) in [6.45, 7) is 1.04. The second-order valence-corrected chi connectivity index (χ2v) is 7.43. The smallest absolute Gasteiger partial charge is 0.254 e. The Hall–Kier alpha value is -2.02. The van der Waals surface area contributed by atoms with Crippen LogP contribution < -0.4 is 0 Å². The molecule has 27 heavy (non-hydrogen) atoms. The molecule has 4 rings (SSSR count). The number of carbonyl (C=O) groups is 1. The van der Waals surface area contributed by atoms with Crippen LogP contribution in [-0.2, 0) is 9.47 Å². The number of pyridine rings is 1. The molecule has 1 saturated carbocycles. The Morgan fingerprint density at radius 3 is 3.07 bits per heavy atom. The van der Waals surface area contributed by atoms with Crippen LogP contribution in [0, 0.1) is 0 Å². The van der Waals surface area contributed by atoms with Gasteiger partial charge in [0.15, 0.2) is 0 Å². The Balaban J connectivity index is 1.58. The van der Waals surface area contributed by atoms with Gasteiger partial charge in [-0.25, -0.2) is 0 Å². The quantitative estimate of drug-likeness (QED) is 0.875. The van der Waals surface area contributed by atoms with Crippen LogP contribution in [0.1, 0.15) is 36.0 Å². The van der Waals surface area contributed by atoms with E-state index in [1.807, 2.05) is 35.2 Å². The number of carbonyl (C=O) groups excluding carboxylic acids is 1. The molecule has 2 fully saturated rings. The summed E-state index contributed by atoms with van der Waals surface area (Å²) in [4.78, 5) is 19.6. The number of hydrogen-bond donors (Lipinski definition) is 1. The van der Waals surface area contributed by atoms with Crippen molar-refractivity contribution in [1.29, 1.82) is 0 Å². The number of likely N-dealkylation sites (tertiary alicyclic amines) is 1. The van der Waals surface area contributed by atoms with Crippen molar-refractivity contribution < 1.29 is 19.4 Å². The third kappa shape index (κ3) is 3.33. The van der Waals surface area contributed by atoms with Crippen LogP contribution in [0.5, 0.6) is 0 Å². The molecule has 1 aromatic carbocycles. The van der Waals surface area contributed by atoms with E-state index in [-0.39, 0.29) is 30.3 Å². The monoisotopic (exact) mass is 370 g/mol. The van der Waals surface area contributed by atoms with Crippen molar-refractivity contribution in [3.8, 4) is 0 Å². The number of aliphatic hydroxyl groups is 1. The lowest BCUT2D eigenvalue weighted by atomic mass is 9.79. The third-order valence-electron chi connectivity index (χ3n) is 6.10. The molecule has 1 aromatic heterocycles. The summed E-state index contributed by atoms with van der Waals surface area (Å²) in [5.74, 6) is 0.0347. The molecule has 1 amide bonds. The van der Waals surface area contributed by atoms with Gasteiger partial charge in [-0.2, -0.15) is 0 Å². The second-order valence-electron chi connectivity index (χ2n) is 7.43. The van der Waals surface area contributed by atoms with Gasteiger partial charge in [0.05, 0.1) is 36.5 Å². The van der Waals surface area contributed by atoms with Crippen molar-refractivity contribution in [3.63, 3.8) is 0 Å². The largest absolute Gasteiger partial charge is 0.394 e. The minimum Gasteiger partial charge on any atom is -0.394 e. The van der Waals surface area contributed by atoms with Gasteiger partial charge < -0.3 is 19.5 Å². The number of rotatable bonds is 5. The summed E-state index contributed by atoms with van der Waals surface area (Å²) in [6, 6.07) is 9.52. The summed E-state index contributed by atoms with van der Waals surface area (Å²) < 4.78 is 11.7. The van der Waals surface area contributed by atoms with Crippen LogP contribution in [0.15, 0.2) is 36.5 Å². The molecule has 1 aliphatic carbocycles.